The van der Waals surface area contributed by atoms with Crippen molar-refractivity contribution in [3.8, 4) is 5.75 Å². The summed E-state index contributed by atoms with van der Waals surface area (Å²) in [4.78, 5) is 31.2. The number of ether oxygens (including phenoxy) is 1. The lowest BCUT2D eigenvalue weighted by molar-refractivity contribution is 0.0701. The van der Waals surface area contributed by atoms with Crippen molar-refractivity contribution in [1.29, 1.82) is 0 Å². The summed E-state index contributed by atoms with van der Waals surface area (Å²) in [5.74, 6) is 0.759. The van der Waals surface area contributed by atoms with Crippen LogP contribution < -0.4 is 10.3 Å². The normalized spacial score (nSPS) is 11.6. The third-order valence-corrected chi connectivity index (χ3v) is 5.46. The van der Waals surface area contributed by atoms with Crippen LogP contribution in [0.25, 0.3) is 22.4 Å². The maximum Gasteiger partial charge on any atom is 0.346 e. The Balaban J connectivity index is 1.77. The Morgan fingerprint density at radius 3 is 2.64 bits per heavy atom. The summed E-state index contributed by atoms with van der Waals surface area (Å²) in [7, 11) is 0. The predicted octanol–water partition coefficient (Wildman–Crippen LogP) is 4.59. The molecule has 0 radical (unpaired) electrons. The minimum Gasteiger partial charge on any atom is -0.494 e. The van der Waals surface area contributed by atoms with Crippen molar-refractivity contribution < 1.29 is 14.6 Å². The molecule has 2 aromatic heterocycles. The van der Waals surface area contributed by atoms with Gasteiger partial charge in [0.25, 0.3) is 5.56 Å². The topological polar surface area (TPSA) is 92.3 Å². The van der Waals surface area contributed by atoms with Crippen molar-refractivity contribution >= 4 is 39.7 Å². The summed E-state index contributed by atoms with van der Waals surface area (Å²) < 4.78 is 5.70. The molecule has 1 aromatic carbocycles. The second-order valence-electron chi connectivity index (χ2n) is 6.93. The molecule has 0 aliphatic rings. The highest BCUT2D eigenvalue weighted by atomic mass is 32.1. The van der Waals surface area contributed by atoms with E-state index in [0.717, 1.165) is 29.1 Å². The Hall–Kier alpha value is -2.93. The molecule has 3 aromatic rings. The predicted molar refractivity (Wildman–Crippen MR) is 112 cm³/mol. The zero-order chi connectivity index (χ0) is 20.3. The van der Waals surface area contributed by atoms with Crippen molar-refractivity contribution in [2.75, 3.05) is 6.61 Å². The third-order valence-electron chi connectivity index (χ3n) is 4.29. The van der Waals surface area contributed by atoms with Crippen LogP contribution in [0.2, 0.25) is 0 Å². The molecule has 0 atom stereocenters. The van der Waals surface area contributed by atoms with Gasteiger partial charge in [-0.25, -0.2) is 9.78 Å². The maximum atomic E-state index is 12.3. The largest absolute Gasteiger partial charge is 0.494 e. The molecule has 3 rings (SSSR count). The number of carbonyl (C=O) groups is 1. The van der Waals surface area contributed by atoms with Crippen LogP contribution in [0.4, 0.5) is 0 Å². The van der Waals surface area contributed by atoms with Gasteiger partial charge in [-0.2, -0.15) is 0 Å². The van der Waals surface area contributed by atoms with Gasteiger partial charge in [-0.1, -0.05) is 32.1 Å². The number of rotatable bonds is 7. The van der Waals surface area contributed by atoms with Gasteiger partial charge in [0.1, 0.15) is 21.3 Å². The van der Waals surface area contributed by atoms with Crippen molar-refractivity contribution in [2.45, 2.75) is 27.2 Å². The molecule has 0 saturated heterocycles. The summed E-state index contributed by atoms with van der Waals surface area (Å²) in [6, 6.07) is 7.66. The van der Waals surface area contributed by atoms with E-state index < -0.39 is 5.97 Å². The molecule has 0 unspecified atom stereocenters. The quantitative estimate of drug-likeness (QED) is 0.607. The summed E-state index contributed by atoms with van der Waals surface area (Å²) >= 11 is 1.01. The molecule has 7 heteroatoms. The number of hydrogen-bond donors (Lipinski definition) is 2. The molecule has 0 aliphatic carbocycles. The molecule has 0 amide bonds. The van der Waals surface area contributed by atoms with Crippen LogP contribution in [-0.2, 0) is 0 Å². The smallest absolute Gasteiger partial charge is 0.346 e. The number of thiophene rings is 1. The standard InChI is InChI=1S/C21H22N2O4S/c1-12(2)10-11-27-15-7-4-14(5-8-15)6-9-16-22-19(24)17-13(3)18(21(25)26)28-20(17)23-16/h4-9,12H,10-11H2,1-3H3,(H,25,26)(H,22,23,24)/b9-6-. The zero-order valence-electron chi connectivity index (χ0n) is 16.0. The fraction of sp³-hybridized carbons (Fsp3) is 0.286. The number of nitrogens with one attached hydrogen (secondary N) is 1. The van der Waals surface area contributed by atoms with Gasteiger partial charge in [0, 0.05) is 0 Å². The van der Waals surface area contributed by atoms with Gasteiger partial charge in [0.05, 0.1) is 12.0 Å². The van der Waals surface area contributed by atoms with Crippen molar-refractivity contribution in [3.63, 3.8) is 0 Å². The van der Waals surface area contributed by atoms with E-state index in [-0.39, 0.29) is 10.4 Å². The third kappa shape index (κ3) is 4.48. The van der Waals surface area contributed by atoms with E-state index in [1.165, 1.54) is 0 Å². The van der Waals surface area contributed by atoms with Crippen LogP contribution in [-0.4, -0.2) is 27.7 Å². The first-order chi connectivity index (χ1) is 13.3. The first-order valence-corrected chi connectivity index (χ1v) is 9.84. The fourth-order valence-corrected chi connectivity index (χ4v) is 3.73. The van der Waals surface area contributed by atoms with Crippen molar-refractivity contribution in [3.05, 3.63) is 56.4 Å². The molecule has 28 heavy (non-hydrogen) atoms. The summed E-state index contributed by atoms with van der Waals surface area (Å²) in [6.45, 7) is 6.63. The number of benzene rings is 1. The lowest BCUT2D eigenvalue weighted by Gasteiger charge is -2.08. The number of nitrogens with zero attached hydrogens (tertiary/aromatic N) is 1. The number of fused-ring (bicyclic) bond motifs is 1. The monoisotopic (exact) mass is 398 g/mol. The molecule has 2 N–H and O–H groups in total. The summed E-state index contributed by atoms with van der Waals surface area (Å²) in [5.41, 5.74) is 1.05. The van der Waals surface area contributed by atoms with Crippen LogP contribution in [0, 0.1) is 12.8 Å². The van der Waals surface area contributed by atoms with Gasteiger partial charge in [-0.05, 0) is 48.6 Å². The molecular formula is C21H22N2O4S. The Kier molecular flexibility index (Phi) is 5.94. The van der Waals surface area contributed by atoms with Crippen LogP contribution in [0.3, 0.4) is 0 Å². The van der Waals surface area contributed by atoms with Crippen LogP contribution >= 0.6 is 11.3 Å². The number of hydrogen-bond acceptors (Lipinski definition) is 5. The van der Waals surface area contributed by atoms with E-state index in [0.29, 0.717) is 34.1 Å². The number of carboxylic acid groups (broad SMARTS) is 1. The number of aromatic nitrogens is 2. The number of aromatic carboxylic acids is 1. The van der Waals surface area contributed by atoms with E-state index in [4.69, 9.17) is 4.74 Å². The molecule has 0 aliphatic heterocycles. The highest BCUT2D eigenvalue weighted by Crippen LogP contribution is 2.27. The van der Waals surface area contributed by atoms with Gasteiger partial charge < -0.3 is 14.8 Å². The maximum absolute atomic E-state index is 12.3. The van der Waals surface area contributed by atoms with E-state index in [1.807, 2.05) is 30.3 Å². The molecule has 2 heterocycles. The molecule has 6 nitrogen and oxygen atoms in total. The fourth-order valence-electron chi connectivity index (χ4n) is 2.71. The van der Waals surface area contributed by atoms with E-state index in [9.17, 15) is 14.7 Å². The second-order valence-corrected chi connectivity index (χ2v) is 7.93. The molecular weight excluding hydrogens is 376 g/mol. The molecule has 0 saturated carbocycles. The Bertz CT molecular complexity index is 1080. The van der Waals surface area contributed by atoms with Gasteiger partial charge in [-0.3, -0.25) is 4.79 Å². The lowest BCUT2D eigenvalue weighted by atomic mass is 10.1. The lowest BCUT2D eigenvalue weighted by Crippen LogP contribution is -2.09. The minimum absolute atomic E-state index is 0.141. The van der Waals surface area contributed by atoms with E-state index in [2.05, 4.69) is 23.8 Å². The SMILES string of the molecule is Cc1c(C(=O)O)sc2nc(/C=C\c3ccc(OCCC(C)C)cc3)[nH]c(=O)c12. The van der Waals surface area contributed by atoms with Gasteiger partial charge in [0.2, 0.25) is 0 Å². The Morgan fingerprint density at radius 1 is 1.29 bits per heavy atom. The molecule has 146 valence electrons. The molecule has 0 bridgehead atoms. The van der Waals surface area contributed by atoms with Crippen LogP contribution in [0.15, 0.2) is 29.1 Å². The van der Waals surface area contributed by atoms with Crippen LogP contribution in [0.1, 0.15) is 46.9 Å². The molecule has 0 spiro atoms. The minimum atomic E-state index is -1.05. The Morgan fingerprint density at radius 2 is 2.00 bits per heavy atom. The number of carboxylic acids is 1. The first kappa shape index (κ1) is 19.8. The van der Waals surface area contributed by atoms with Gasteiger partial charge in [0.15, 0.2) is 0 Å². The number of aryl methyl sites for hydroxylation is 1. The van der Waals surface area contributed by atoms with Crippen LogP contribution in [0.5, 0.6) is 5.75 Å². The van der Waals surface area contributed by atoms with Crippen molar-refractivity contribution in [1.82, 2.24) is 9.97 Å². The summed E-state index contributed by atoms with van der Waals surface area (Å²) in [5, 5.41) is 9.56. The molecule has 0 fully saturated rings. The summed E-state index contributed by atoms with van der Waals surface area (Å²) in [6.07, 6.45) is 4.54. The number of H-pyrrole nitrogens is 1. The second kappa shape index (κ2) is 8.39. The van der Waals surface area contributed by atoms with Crippen molar-refractivity contribution in [2.24, 2.45) is 5.92 Å². The van der Waals surface area contributed by atoms with E-state index in [1.54, 1.807) is 13.0 Å². The van der Waals surface area contributed by atoms with Gasteiger partial charge >= 0.3 is 5.97 Å². The number of aromatic amines is 1. The van der Waals surface area contributed by atoms with Gasteiger partial charge in [-0.15, -0.1) is 11.3 Å². The highest BCUT2D eigenvalue weighted by molar-refractivity contribution is 7.20. The van der Waals surface area contributed by atoms with E-state index >= 15 is 0 Å². The Labute approximate surface area is 166 Å². The highest BCUT2D eigenvalue weighted by Gasteiger charge is 2.18. The average Bonchev–Trinajstić information content (AvgIpc) is 2.98. The first-order valence-electron chi connectivity index (χ1n) is 9.03. The average molecular weight is 398 g/mol. The zero-order valence-corrected chi connectivity index (χ0v) is 16.8.